The summed E-state index contributed by atoms with van der Waals surface area (Å²) in [7, 11) is 1.41. The Kier molecular flexibility index (Phi) is 6.95. The Bertz CT molecular complexity index is 1700. The average molecular weight is 549 g/mol. The number of rotatable bonds is 6. The Hall–Kier alpha value is -4.83. The first kappa shape index (κ1) is 26.8. The lowest BCUT2D eigenvalue weighted by Gasteiger charge is -2.33. The first-order valence-corrected chi connectivity index (χ1v) is 12.4. The molecule has 0 spiro atoms. The maximum atomic E-state index is 13.2. The smallest absolute Gasteiger partial charge is 0.238 e. The first-order valence-electron chi connectivity index (χ1n) is 12.4. The number of ether oxygens (including phenoxy) is 3. The molecule has 4 aromatic rings. The van der Waals surface area contributed by atoms with Crippen molar-refractivity contribution in [1.82, 2.24) is 0 Å². The van der Waals surface area contributed by atoms with Gasteiger partial charge < -0.3 is 44.2 Å². The van der Waals surface area contributed by atoms with Gasteiger partial charge in [-0.3, -0.25) is 4.79 Å². The minimum Gasteiger partial charge on any atom is -0.507 e. The van der Waals surface area contributed by atoms with E-state index >= 15 is 0 Å². The summed E-state index contributed by atoms with van der Waals surface area (Å²) < 4.78 is 23.3. The SMILES string of the molecule is COc1cc(C2Oc3cc(-c4oc5c(CC=C(C)C)c(O)cc(O)c5c(=O)c4O)ccc3OC2CO)ccc1O. The molecule has 0 radical (unpaired) electrons. The summed E-state index contributed by atoms with van der Waals surface area (Å²) in [5, 5.41) is 51.4. The zero-order valence-electron chi connectivity index (χ0n) is 22.0. The van der Waals surface area contributed by atoms with E-state index in [0.717, 1.165) is 11.6 Å². The van der Waals surface area contributed by atoms with Crippen molar-refractivity contribution in [1.29, 1.82) is 0 Å². The molecule has 5 N–H and O–H groups in total. The van der Waals surface area contributed by atoms with Gasteiger partial charge >= 0.3 is 0 Å². The second-order valence-electron chi connectivity index (χ2n) is 9.66. The molecule has 10 heteroatoms. The second kappa shape index (κ2) is 10.4. The number of hydrogen-bond acceptors (Lipinski definition) is 10. The van der Waals surface area contributed by atoms with Gasteiger partial charge in [-0.15, -0.1) is 0 Å². The monoisotopic (exact) mass is 548 g/mol. The lowest BCUT2D eigenvalue weighted by molar-refractivity contribution is -0.0123. The van der Waals surface area contributed by atoms with E-state index in [1.54, 1.807) is 24.3 Å². The van der Waals surface area contributed by atoms with Crippen LogP contribution in [0.1, 0.15) is 31.1 Å². The minimum atomic E-state index is -0.864. The first-order chi connectivity index (χ1) is 19.1. The number of allylic oxidation sites excluding steroid dienone is 2. The molecule has 1 aliphatic heterocycles. The zero-order valence-corrected chi connectivity index (χ0v) is 22.0. The van der Waals surface area contributed by atoms with Crippen molar-refractivity contribution >= 4 is 11.0 Å². The maximum absolute atomic E-state index is 13.2. The number of phenols is 3. The molecule has 1 aromatic heterocycles. The summed E-state index contributed by atoms with van der Waals surface area (Å²) in [6, 6.07) is 10.3. The van der Waals surface area contributed by atoms with Gasteiger partial charge in [0.25, 0.3) is 0 Å². The summed E-state index contributed by atoms with van der Waals surface area (Å²) in [5.74, 6) is -0.993. The van der Waals surface area contributed by atoms with Crippen molar-refractivity contribution < 1.29 is 44.2 Å². The van der Waals surface area contributed by atoms with Gasteiger partial charge in [0.1, 0.15) is 22.5 Å². The summed E-state index contributed by atoms with van der Waals surface area (Å²) >= 11 is 0. The highest BCUT2D eigenvalue weighted by molar-refractivity contribution is 5.91. The molecule has 2 atom stereocenters. The summed E-state index contributed by atoms with van der Waals surface area (Å²) in [6.45, 7) is 3.40. The van der Waals surface area contributed by atoms with Gasteiger partial charge in [0.05, 0.1) is 13.7 Å². The quantitative estimate of drug-likeness (QED) is 0.214. The van der Waals surface area contributed by atoms with Crippen molar-refractivity contribution in [3.8, 4) is 51.6 Å². The van der Waals surface area contributed by atoms with E-state index in [1.807, 2.05) is 19.9 Å². The molecule has 2 heterocycles. The number of benzene rings is 3. The van der Waals surface area contributed by atoms with Crippen LogP contribution in [0.3, 0.4) is 0 Å². The largest absolute Gasteiger partial charge is 0.507 e. The van der Waals surface area contributed by atoms with Crippen LogP contribution in [-0.2, 0) is 6.42 Å². The van der Waals surface area contributed by atoms with Crippen LogP contribution in [0.25, 0.3) is 22.3 Å². The number of aromatic hydroxyl groups is 4. The summed E-state index contributed by atoms with van der Waals surface area (Å²) in [4.78, 5) is 13.2. The molecule has 0 saturated carbocycles. The van der Waals surface area contributed by atoms with Gasteiger partial charge in [0.15, 0.2) is 41.0 Å². The molecule has 3 aromatic carbocycles. The van der Waals surface area contributed by atoms with E-state index < -0.39 is 29.1 Å². The second-order valence-corrected chi connectivity index (χ2v) is 9.66. The molecule has 0 fully saturated rings. The molecule has 0 aliphatic carbocycles. The molecule has 0 amide bonds. The molecule has 208 valence electrons. The highest BCUT2D eigenvalue weighted by atomic mass is 16.6. The van der Waals surface area contributed by atoms with Gasteiger partial charge in [0, 0.05) is 22.8 Å². The Labute approximate surface area is 228 Å². The van der Waals surface area contributed by atoms with Gasteiger partial charge in [-0.05, 0) is 50.6 Å². The summed E-state index contributed by atoms with van der Waals surface area (Å²) in [6.07, 6.45) is 0.491. The number of phenolic OH excluding ortho intramolecular Hbond substituents is 3. The molecule has 1 aliphatic rings. The minimum absolute atomic E-state index is 0.0582. The van der Waals surface area contributed by atoms with Crippen molar-refractivity contribution in [3.63, 3.8) is 0 Å². The topological polar surface area (TPSA) is 159 Å². The number of methoxy groups -OCH3 is 1. The van der Waals surface area contributed by atoms with E-state index in [1.165, 1.54) is 19.2 Å². The van der Waals surface area contributed by atoms with E-state index in [9.17, 15) is 30.3 Å². The van der Waals surface area contributed by atoms with Crippen molar-refractivity contribution in [2.75, 3.05) is 13.7 Å². The highest BCUT2D eigenvalue weighted by Crippen LogP contribution is 2.45. The number of aliphatic hydroxyl groups excluding tert-OH is 1. The Morgan fingerprint density at radius 3 is 2.42 bits per heavy atom. The van der Waals surface area contributed by atoms with Crippen molar-refractivity contribution in [2.45, 2.75) is 32.5 Å². The number of hydrogen-bond donors (Lipinski definition) is 5. The van der Waals surface area contributed by atoms with Crippen molar-refractivity contribution in [3.05, 3.63) is 75.5 Å². The fourth-order valence-electron chi connectivity index (χ4n) is 4.64. The van der Waals surface area contributed by atoms with Gasteiger partial charge in [-0.1, -0.05) is 17.7 Å². The molecule has 40 heavy (non-hydrogen) atoms. The van der Waals surface area contributed by atoms with Crippen molar-refractivity contribution in [2.24, 2.45) is 0 Å². The van der Waals surface area contributed by atoms with Gasteiger partial charge in [0.2, 0.25) is 11.2 Å². The van der Waals surface area contributed by atoms with E-state index in [-0.39, 0.29) is 63.9 Å². The Morgan fingerprint density at radius 1 is 0.950 bits per heavy atom. The predicted molar refractivity (Wildman–Crippen MR) is 146 cm³/mol. The van der Waals surface area contributed by atoms with Crippen LogP contribution < -0.4 is 19.6 Å². The Balaban J connectivity index is 1.63. The molecular weight excluding hydrogens is 520 g/mol. The fraction of sp³-hybridized carbons (Fsp3) is 0.233. The number of fused-ring (bicyclic) bond motifs is 2. The Morgan fingerprint density at radius 2 is 1.73 bits per heavy atom. The van der Waals surface area contributed by atoms with Crippen LogP contribution in [0, 0.1) is 0 Å². The lowest BCUT2D eigenvalue weighted by Crippen LogP contribution is -2.36. The maximum Gasteiger partial charge on any atom is 0.238 e. The molecular formula is C30H28O10. The van der Waals surface area contributed by atoms with Crippen LogP contribution in [0.2, 0.25) is 0 Å². The average Bonchev–Trinajstić information content (AvgIpc) is 2.93. The molecule has 10 nitrogen and oxygen atoms in total. The predicted octanol–water partition coefficient (Wildman–Crippen LogP) is 4.67. The van der Waals surface area contributed by atoms with E-state index in [4.69, 9.17) is 18.6 Å². The molecule has 5 rings (SSSR count). The van der Waals surface area contributed by atoms with Crippen LogP contribution >= 0.6 is 0 Å². The third-order valence-electron chi connectivity index (χ3n) is 6.70. The van der Waals surface area contributed by atoms with Crippen LogP contribution in [0.4, 0.5) is 0 Å². The summed E-state index contributed by atoms with van der Waals surface area (Å²) in [5.41, 5.74) is 1.15. The highest BCUT2D eigenvalue weighted by Gasteiger charge is 2.34. The van der Waals surface area contributed by atoms with E-state index in [0.29, 0.717) is 11.3 Å². The fourth-order valence-corrected chi connectivity index (χ4v) is 4.64. The van der Waals surface area contributed by atoms with E-state index in [2.05, 4.69) is 0 Å². The normalized spacial score (nSPS) is 16.1. The van der Waals surface area contributed by atoms with Crippen LogP contribution in [0.15, 0.2) is 63.3 Å². The van der Waals surface area contributed by atoms with Gasteiger partial charge in [-0.2, -0.15) is 0 Å². The van der Waals surface area contributed by atoms with Crippen LogP contribution in [-0.4, -0.2) is 45.4 Å². The molecule has 0 bridgehead atoms. The standard InChI is InChI=1S/C30H28O10/c1-14(2)4-7-17-19(33)12-20(34)25-26(35)27(36)29(40-30(17)25)16-6-9-21-23(11-16)39-28(24(13-31)38-21)15-5-8-18(32)22(10-15)37-3/h4-6,8-12,24,28,31-34,36H,7,13H2,1-3H3. The molecule has 2 unspecified atom stereocenters. The van der Waals surface area contributed by atoms with Gasteiger partial charge in [-0.25, -0.2) is 0 Å². The van der Waals surface area contributed by atoms with Crippen LogP contribution in [0.5, 0.6) is 40.2 Å². The molecule has 0 saturated heterocycles. The third kappa shape index (κ3) is 4.62. The third-order valence-corrected chi connectivity index (χ3v) is 6.70. The zero-order chi connectivity index (χ0) is 28.7. The lowest BCUT2D eigenvalue weighted by atomic mass is 10.0. The number of aliphatic hydroxyl groups is 1.